The van der Waals surface area contributed by atoms with E-state index in [2.05, 4.69) is 5.32 Å². The van der Waals surface area contributed by atoms with Crippen LogP contribution in [0.4, 0.5) is 5.69 Å². The van der Waals surface area contributed by atoms with Gasteiger partial charge in [-0.3, -0.25) is 0 Å². The molecule has 0 unspecified atom stereocenters. The minimum absolute atomic E-state index is 0.0498. The first kappa shape index (κ1) is 15.9. The van der Waals surface area contributed by atoms with Gasteiger partial charge >= 0.3 is 0 Å². The molecule has 0 aromatic heterocycles. The van der Waals surface area contributed by atoms with Crippen molar-refractivity contribution in [2.24, 2.45) is 5.73 Å². The van der Waals surface area contributed by atoms with Crippen LogP contribution in [0.1, 0.15) is 0 Å². The van der Waals surface area contributed by atoms with Crippen LogP contribution >= 0.6 is 11.6 Å². The number of nitrogens with two attached hydrogens (primary N) is 1. The smallest absolute Gasteiger partial charge is 0.220 e. The number of anilines is 1. The van der Waals surface area contributed by atoms with Crippen LogP contribution in [-0.4, -0.2) is 8.42 Å². The van der Waals surface area contributed by atoms with E-state index in [1.807, 2.05) is 0 Å². The summed E-state index contributed by atoms with van der Waals surface area (Å²) in [5, 5.41) is 12.3. The zero-order valence-corrected chi connectivity index (χ0v) is 12.9. The van der Waals surface area contributed by atoms with E-state index in [1.54, 1.807) is 36.4 Å². The fraction of sp³-hybridized carbons (Fsp3) is 0. The number of halogens is 1. The summed E-state index contributed by atoms with van der Waals surface area (Å²) in [5.41, 5.74) is 6.34. The summed E-state index contributed by atoms with van der Waals surface area (Å²) in [5.74, 6) is -0.233. The summed E-state index contributed by atoms with van der Waals surface area (Å²) in [4.78, 5) is -0.593. The van der Waals surface area contributed by atoms with Gasteiger partial charge in [-0.15, -0.1) is 0 Å². The minimum Gasteiger partial charge on any atom is -0.384 e. The van der Waals surface area contributed by atoms with Crippen LogP contribution in [0.2, 0.25) is 5.02 Å². The molecule has 22 heavy (non-hydrogen) atoms. The zero-order valence-electron chi connectivity index (χ0n) is 11.3. The Hall–Kier alpha value is -2.49. The lowest BCUT2D eigenvalue weighted by atomic mass is 10.3. The van der Waals surface area contributed by atoms with Crippen molar-refractivity contribution in [3.05, 3.63) is 70.3 Å². The Kier molecular flexibility index (Phi) is 4.71. The third-order valence-electron chi connectivity index (χ3n) is 2.79. The quantitative estimate of drug-likeness (QED) is 0.839. The molecule has 0 aliphatic heterocycles. The zero-order chi connectivity index (χ0) is 16.2. The highest BCUT2D eigenvalue weighted by atomic mass is 35.5. The van der Waals surface area contributed by atoms with Crippen molar-refractivity contribution in [3.8, 4) is 6.07 Å². The fourth-order valence-electron chi connectivity index (χ4n) is 1.73. The van der Waals surface area contributed by atoms with Crippen molar-refractivity contribution in [2.45, 2.75) is 4.90 Å². The molecular weight excluding hydrogens is 322 g/mol. The van der Waals surface area contributed by atoms with Crippen molar-refractivity contribution in [1.29, 1.82) is 5.26 Å². The molecule has 0 aliphatic carbocycles. The van der Waals surface area contributed by atoms with E-state index < -0.39 is 14.7 Å². The van der Waals surface area contributed by atoms with Crippen molar-refractivity contribution in [3.63, 3.8) is 0 Å². The molecule has 7 heteroatoms. The highest BCUT2D eigenvalue weighted by Crippen LogP contribution is 2.22. The van der Waals surface area contributed by atoms with Gasteiger partial charge in [0.15, 0.2) is 4.91 Å². The number of rotatable bonds is 4. The minimum atomic E-state index is -4.01. The molecule has 2 aromatic carbocycles. The summed E-state index contributed by atoms with van der Waals surface area (Å²) < 4.78 is 24.9. The Morgan fingerprint density at radius 1 is 1.09 bits per heavy atom. The second kappa shape index (κ2) is 6.52. The molecule has 0 radical (unpaired) electrons. The Labute approximate surface area is 133 Å². The van der Waals surface area contributed by atoms with E-state index in [9.17, 15) is 13.7 Å². The fourth-order valence-corrected chi connectivity index (χ4v) is 3.05. The molecule has 3 N–H and O–H groups in total. The molecule has 2 aromatic rings. The second-order valence-corrected chi connectivity index (χ2v) is 6.63. The number of nitrogens with one attached hydrogen (secondary N) is 1. The Morgan fingerprint density at radius 2 is 1.68 bits per heavy atom. The standard InChI is InChI=1S/C15H12ClN3O2S/c16-11-6-8-13(9-7-11)22(20,21)14(10-17)15(18)19-12-4-2-1-3-5-12/h1-9,19H,18H2. The highest BCUT2D eigenvalue weighted by Gasteiger charge is 2.24. The Morgan fingerprint density at radius 3 is 2.23 bits per heavy atom. The molecule has 0 fully saturated rings. The van der Waals surface area contributed by atoms with Gasteiger partial charge in [-0.25, -0.2) is 8.42 Å². The third-order valence-corrected chi connectivity index (χ3v) is 4.79. The van der Waals surface area contributed by atoms with E-state index in [4.69, 9.17) is 17.3 Å². The van der Waals surface area contributed by atoms with Crippen molar-refractivity contribution < 1.29 is 8.42 Å². The average molecular weight is 334 g/mol. The van der Waals surface area contributed by atoms with Gasteiger partial charge < -0.3 is 11.1 Å². The van der Waals surface area contributed by atoms with Gasteiger partial charge in [0.2, 0.25) is 9.84 Å². The molecule has 0 amide bonds. The number of nitriles is 1. The average Bonchev–Trinajstić information content (AvgIpc) is 2.49. The largest absolute Gasteiger partial charge is 0.384 e. The van der Waals surface area contributed by atoms with E-state index in [-0.39, 0.29) is 10.7 Å². The molecule has 0 atom stereocenters. The summed E-state index contributed by atoms with van der Waals surface area (Å²) in [6.45, 7) is 0. The molecule has 0 bridgehead atoms. The van der Waals surface area contributed by atoms with Crippen LogP contribution < -0.4 is 11.1 Å². The Bertz CT molecular complexity index is 839. The number of nitrogens with zero attached hydrogens (tertiary/aromatic N) is 1. The first-order chi connectivity index (χ1) is 10.4. The topological polar surface area (TPSA) is 96.0 Å². The van der Waals surface area contributed by atoms with Gasteiger partial charge in [-0.1, -0.05) is 29.8 Å². The molecule has 0 saturated heterocycles. The van der Waals surface area contributed by atoms with Crippen LogP contribution in [-0.2, 0) is 9.84 Å². The number of sulfone groups is 1. The van der Waals surface area contributed by atoms with Crippen molar-refractivity contribution in [2.75, 3.05) is 5.32 Å². The maximum atomic E-state index is 12.5. The van der Waals surface area contributed by atoms with Crippen LogP contribution in [0.5, 0.6) is 0 Å². The SMILES string of the molecule is N#CC(=C(N)Nc1ccccc1)S(=O)(=O)c1ccc(Cl)cc1. The first-order valence-corrected chi connectivity index (χ1v) is 8.04. The van der Waals surface area contributed by atoms with Crippen LogP contribution in [0.15, 0.2) is 70.2 Å². The van der Waals surface area contributed by atoms with Gasteiger partial charge in [0, 0.05) is 10.7 Å². The Balaban J connectivity index is 2.44. The van der Waals surface area contributed by atoms with Crippen molar-refractivity contribution in [1.82, 2.24) is 0 Å². The molecule has 0 saturated carbocycles. The monoisotopic (exact) mass is 333 g/mol. The number of hydrogen-bond acceptors (Lipinski definition) is 5. The van der Waals surface area contributed by atoms with Crippen LogP contribution in [0.3, 0.4) is 0 Å². The number of hydrogen-bond donors (Lipinski definition) is 2. The van der Waals surface area contributed by atoms with E-state index in [0.717, 1.165) is 0 Å². The van der Waals surface area contributed by atoms with Crippen molar-refractivity contribution >= 4 is 27.1 Å². The summed E-state index contributed by atoms with van der Waals surface area (Å²) in [6.07, 6.45) is 0. The van der Waals surface area contributed by atoms with Gasteiger partial charge in [-0.2, -0.15) is 5.26 Å². The molecule has 0 spiro atoms. The maximum Gasteiger partial charge on any atom is 0.220 e. The van der Waals surface area contributed by atoms with Crippen LogP contribution in [0, 0.1) is 11.3 Å². The third kappa shape index (κ3) is 3.39. The summed E-state index contributed by atoms with van der Waals surface area (Å²) in [7, 11) is -4.01. The first-order valence-electron chi connectivity index (χ1n) is 6.17. The second-order valence-electron chi connectivity index (χ2n) is 4.30. The number of para-hydroxylation sites is 1. The lowest BCUT2D eigenvalue weighted by Gasteiger charge is -2.09. The number of allylic oxidation sites excluding steroid dienone is 1. The number of benzene rings is 2. The predicted octanol–water partition coefficient (Wildman–Crippen LogP) is 2.88. The molecule has 0 heterocycles. The molecule has 2 rings (SSSR count). The van der Waals surface area contributed by atoms with Gasteiger partial charge in [-0.05, 0) is 36.4 Å². The van der Waals surface area contributed by atoms with Gasteiger partial charge in [0.05, 0.1) is 4.90 Å². The van der Waals surface area contributed by atoms with E-state index in [1.165, 1.54) is 24.3 Å². The lowest BCUT2D eigenvalue weighted by molar-refractivity contribution is 0.603. The predicted molar refractivity (Wildman–Crippen MR) is 85.5 cm³/mol. The molecular formula is C15H12ClN3O2S. The van der Waals surface area contributed by atoms with E-state index >= 15 is 0 Å². The maximum absolute atomic E-state index is 12.5. The molecule has 112 valence electrons. The van der Waals surface area contributed by atoms with Crippen LogP contribution in [0.25, 0.3) is 0 Å². The normalized spacial score (nSPS) is 12.2. The molecule has 5 nitrogen and oxygen atoms in total. The highest BCUT2D eigenvalue weighted by molar-refractivity contribution is 7.95. The lowest BCUT2D eigenvalue weighted by Crippen LogP contribution is -2.17. The summed E-state index contributed by atoms with van der Waals surface area (Å²) in [6, 6.07) is 15.9. The molecule has 0 aliphatic rings. The van der Waals surface area contributed by atoms with Gasteiger partial charge in [0.1, 0.15) is 11.9 Å². The summed E-state index contributed by atoms with van der Waals surface area (Å²) >= 11 is 5.74. The van der Waals surface area contributed by atoms with Gasteiger partial charge in [0.25, 0.3) is 0 Å². The van der Waals surface area contributed by atoms with E-state index in [0.29, 0.717) is 10.7 Å².